The summed E-state index contributed by atoms with van der Waals surface area (Å²) in [6.45, 7) is 3.07. The summed E-state index contributed by atoms with van der Waals surface area (Å²) in [4.78, 5) is 8.20. The van der Waals surface area contributed by atoms with Gasteiger partial charge in [0.1, 0.15) is 17.1 Å². The monoisotopic (exact) mass is 529 g/mol. The minimum atomic E-state index is -4.65. The third-order valence-corrected chi connectivity index (χ3v) is 7.35. The van der Waals surface area contributed by atoms with Gasteiger partial charge in [0.05, 0.1) is 27.4 Å². The average molecular weight is 530 g/mol. The molecule has 32 heavy (non-hydrogen) atoms. The van der Waals surface area contributed by atoms with E-state index in [4.69, 9.17) is 0 Å². The number of benzene rings is 1. The number of sulfone groups is 1. The highest BCUT2D eigenvalue weighted by molar-refractivity contribution is 9.10. The summed E-state index contributed by atoms with van der Waals surface area (Å²) in [5.41, 5.74) is -1.61. The van der Waals surface area contributed by atoms with Gasteiger partial charge < -0.3 is 4.57 Å². The lowest BCUT2D eigenvalue weighted by atomic mass is 10.1. The Morgan fingerprint density at radius 1 is 1.06 bits per heavy atom. The van der Waals surface area contributed by atoms with Crippen LogP contribution in [0.25, 0.3) is 33.7 Å². The van der Waals surface area contributed by atoms with Crippen molar-refractivity contribution in [2.75, 3.05) is 5.75 Å². The summed E-state index contributed by atoms with van der Waals surface area (Å²) in [6.07, 6.45) is -3.84. The molecule has 0 atom stereocenters. The largest absolute Gasteiger partial charge is 0.417 e. The van der Waals surface area contributed by atoms with Crippen LogP contribution in [-0.4, -0.2) is 28.7 Å². The number of aromatic nitrogens is 3. The standard InChI is InChI=1S/C21H16BrF4N3O2S/c1-3-29-10-12(21(24,25)26)8-15-20(29)17(23)19(28-15)18-16(32(30,31)4-2)7-11-5-6-13(22)9-14(11)27-18/h5-10H,3-4H2,1-2H3. The third-order valence-electron chi connectivity index (χ3n) is 5.12. The van der Waals surface area contributed by atoms with E-state index in [1.807, 2.05) is 0 Å². The Morgan fingerprint density at radius 2 is 1.78 bits per heavy atom. The number of hydrogen-bond acceptors (Lipinski definition) is 4. The predicted octanol–water partition coefficient (Wildman–Crippen LogP) is 5.94. The summed E-state index contributed by atoms with van der Waals surface area (Å²) in [5, 5.41) is 0.517. The first-order valence-electron chi connectivity index (χ1n) is 9.56. The highest BCUT2D eigenvalue weighted by atomic mass is 79.9. The molecule has 0 bridgehead atoms. The van der Waals surface area contributed by atoms with Gasteiger partial charge in [-0.15, -0.1) is 0 Å². The second kappa shape index (κ2) is 7.80. The van der Waals surface area contributed by atoms with E-state index in [0.29, 0.717) is 15.4 Å². The molecule has 0 radical (unpaired) electrons. The first-order valence-corrected chi connectivity index (χ1v) is 12.0. The third kappa shape index (κ3) is 3.77. The molecule has 0 fully saturated rings. The number of rotatable bonds is 4. The molecule has 1 aromatic carbocycles. The molecule has 1 aromatic heterocycles. The van der Waals surface area contributed by atoms with Crippen LogP contribution in [0.15, 0.2) is 45.9 Å². The van der Waals surface area contributed by atoms with E-state index in [-0.39, 0.29) is 34.3 Å². The smallest absolute Gasteiger partial charge is 0.343 e. The molecule has 168 valence electrons. The molecule has 4 rings (SSSR count). The first-order chi connectivity index (χ1) is 15.0. The van der Waals surface area contributed by atoms with Crippen molar-refractivity contribution in [1.82, 2.24) is 14.5 Å². The van der Waals surface area contributed by atoms with Crippen molar-refractivity contribution >= 4 is 36.7 Å². The summed E-state index contributed by atoms with van der Waals surface area (Å²) in [7, 11) is -3.85. The Morgan fingerprint density at radius 3 is 2.41 bits per heavy atom. The van der Waals surface area contributed by atoms with Crippen molar-refractivity contribution in [2.45, 2.75) is 31.5 Å². The van der Waals surface area contributed by atoms with E-state index in [9.17, 15) is 21.6 Å². The van der Waals surface area contributed by atoms with Crippen LogP contribution in [0.1, 0.15) is 19.4 Å². The molecule has 0 aliphatic carbocycles. The maximum Gasteiger partial charge on any atom is 0.417 e. The van der Waals surface area contributed by atoms with Crippen molar-refractivity contribution < 1.29 is 26.0 Å². The molecular weight excluding hydrogens is 514 g/mol. The minimum Gasteiger partial charge on any atom is -0.343 e. The SMILES string of the molecule is CCn1cc(C(F)(F)F)cc2nc(-c3nc4cc(Br)ccc4cc3S(=O)(=O)CC)c(F)c1-2. The second-order valence-electron chi connectivity index (χ2n) is 7.10. The number of alkyl halides is 3. The Balaban J connectivity index is 2.10. The zero-order valence-corrected chi connectivity index (χ0v) is 19.2. The Kier molecular flexibility index (Phi) is 5.52. The lowest BCUT2D eigenvalue weighted by Gasteiger charge is -2.14. The molecule has 0 N–H and O–H groups in total. The molecular formula is C21H16BrF4N3O2S. The summed E-state index contributed by atoms with van der Waals surface area (Å²) in [5.74, 6) is -1.19. The number of fused-ring (bicyclic) bond motifs is 2. The van der Waals surface area contributed by atoms with Gasteiger partial charge in [0.15, 0.2) is 15.7 Å². The topological polar surface area (TPSA) is 64.8 Å². The van der Waals surface area contributed by atoms with Crippen molar-refractivity contribution in [2.24, 2.45) is 0 Å². The molecule has 3 heterocycles. The van der Waals surface area contributed by atoms with Crippen LogP contribution in [0.4, 0.5) is 17.6 Å². The molecule has 2 aromatic rings. The number of halogens is 5. The fraction of sp³-hybridized carbons (Fsp3) is 0.238. The molecule has 2 aliphatic rings. The number of nitrogens with zero attached hydrogens (tertiary/aromatic N) is 3. The molecule has 0 saturated carbocycles. The van der Waals surface area contributed by atoms with Gasteiger partial charge in [0, 0.05) is 22.6 Å². The van der Waals surface area contributed by atoms with Crippen LogP contribution >= 0.6 is 15.9 Å². The molecule has 2 aliphatic heterocycles. The van der Waals surface area contributed by atoms with Crippen LogP contribution < -0.4 is 0 Å². The van der Waals surface area contributed by atoms with Gasteiger partial charge in [-0.05, 0) is 31.2 Å². The molecule has 11 heteroatoms. The van der Waals surface area contributed by atoms with E-state index in [0.717, 1.165) is 16.8 Å². The van der Waals surface area contributed by atoms with Crippen LogP contribution in [0.2, 0.25) is 0 Å². The summed E-state index contributed by atoms with van der Waals surface area (Å²) < 4.78 is 82.8. The number of pyridine rings is 2. The molecule has 0 amide bonds. The maximum absolute atomic E-state index is 15.5. The maximum atomic E-state index is 15.5. The predicted molar refractivity (Wildman–Crippen MR) is 116 cm³/mol. The summed E-state index contributed by atoms with van der Waals surface area (Å²) >= 11 is 3.32. The van der Waals surface area contributed by atoms with Gasteiger partial charge >= 0.3 is 6.18 Å². The Hall–Kier alpha value is -2.53. The van der Waals surface area contributed by atoms with Crippen molar-refractivity contribution in [3.63, 3.8) is 0 Å². The summed E-state index contributed by atoms with van der Waals surface area (Å²) in [6, 6.07) is 7.15. The highest BCUT2D eigenvalue weighted by Crippen LogP contribution is 2.40. The van der Waals surface area contributed by atoms with Crippen LogP contribution in [0, 0.1) is 5.82 Å². The lowest BCUT2D eigenvalue weighted by Crippen LogP contribution is -2.11. The van der Waals surface area contributed by atoms with Crippen LogP contribution in [0.3, 0.4) is 0 Å². The minimum absolute atomic E-state index is 0.0562. The average Bonchev–Trinajstić information content (AvgIpc) is 3.08. The van der Waals surface area contributed by atoms with Gasteiger partial charge in [0.2, 0.25) is 0 Å². The van der Waals surface area contributed by atoms with Crippen molar-refractivity contribution in [3.8, 4) is 22.8 Å². The second-order valence-corrected chi connectivity index (χ2v) is 10.3. The highest BCUT2D eigenvalue weighted by Gasteiger charge is 2.35. The fourth-order valence-corrected chi connectivity index (χ4v) is 4.89. The van der Waals surface area contributed by atoms with E-state index in [2.05, 4.69) is 25.9 Å². The molecule has 0 spiro atoms. The number of aryl methyl sites for hydroxylation is 1. The van der Waals surface area contributed by atoms with Crippen LogP contribution in [0.5, 0.6) is 0 Å². The first kappa shape index (κ1) is 22.7. The Labute approximate surface area is 189 Å². The fourth-order valence-electron chi connectivity index (χ4n) is 3.48. The van der Waals surface area contributed by atoms with Crippen molar-refractivity contribution in [3.05, 3.63) is 52.4 Å². The molecule has 0 saturated heterocycles. The Bertz CT molecular complexity index is 1430. The van der Waals surface area contributed by atoms with E-state index >= 15 is 4.39 Å². The van der Waals surface area contributed by atoms with Crippen molar-refractivity contribution in [1.29, 1.82) is 0 Å². The van der Waals surface area contributed by atoms with E-state index in [1.165, 1.54) is 13.0 Å². The quantitative estimate of drug-likeness (QED) is 0.307. The zero-order chi connectivity index (χ0) is 23.4. The van der Waals surface area contributed by atoms with Gasteiger partial charge in [-0.25, -0.2) is 22.8 Å². The molecule has 5 nitrogen and oxygen atoms in total. The van der Waals surface area contributed by atoms with Gasteiger partial charge in [-0.2, -0.15) is 13.2 Å². The van der Waals surface area contributed by atoms with E-state index < -0.39 is 33.1 Å². The van der Waals surface area contributed by atoms with E-state index in [1.54, 1.807) is 25.1 Å². The zero-order valence-electron chi connectivity index (χ0n) is 16.8. The van der Waals surface area contributed by atoms with Gasteiger partial charge in [0.25, 0.3) is 0 Å². The van der Waals surface area contributed by atoms with Gasteiger partial charge in [-0.3, -0.25) is 0 Å². The normalized spacial score (nSPS) is 12.7. The lowest BCUT2D eigenvalue weighted by molar-refractivity contribution is -0.138. The van der Waals surface area contributed by atoms with Gasteiger partial charge in [-0.1, -0.05) is 28.9 Å². The number of hydrogen-bond donors (Lipinski definition) is 0. The molecule has 0 unspecified atom stereocenters. The van der Waals surface area contributed by atoms with Crippen LogP contribution in [-0.2, 0) is 22.6 Å².